The molecule has 0 saturated heterocycles. The maximum Gasteiger partial charge on any atom is 0.499 e. The number of aromatic nitrogens is 3. The van der Waals surface area contributed by atoms with E-state index >= 15 is 0 Å². The molecule has 0 N–H and O–H groups in total. The average Bonchev–Trinajstić information content (AvgIpc) is 3.78. The maximum atomic E-state index is 7.85. The van der Waals surface area contributed by atoms with Crippen molar-refractivity contribution in [3.8, 4) is 78.6 Å². The van der Waals surface area contributed by atoms with Crippen molar-refractivity contribution in [1.82, 2.24) is 4.57 Å². The number of imidazole rings is 1. The van der Waals surface area contributed by atoms with Crippen molar-refractivity contribution in [2.45, 2.75) is 66.2 Å². The molecule has 1 unspecified atom stereocenters. The highest BCUT2D eigenvalue weighted by molar-refractivity contribution is 5.99. The van der Waals surface area contributed by atoms with Gasteiger partial charge in [-0.25, -0.2) is 0 Å². The minimum absolute atomic E-state index is 0.0774. The predicted octanol–water partition coefficient (Wildman–Crippen LogP) is 13.5. The van der Waals surface area contributed by atoms with Crippen molar-refractivity contribution in [2.75, 3.05) is 0 Å². The van der Waals surface area contributed by atoms with E-state index in [0.717, 1.165) is 46.0 Å². The van der Waals surface area contributed by atoms with Crippen molar-refractivity contribution in [3.63, 3.8) is 0 Å². The smallest absolute Gasteiger partial charge is 0.392 e. The van der Waals surface area contributed by atoms with Crippen LogP contribution in [0.2, 0.25) is 0 Å². The molecule has 2 aromatic heterocycles. The molecule has 0 fully saturated rings. The summed E-state index contributed by atoms with van der Waals surface area (Å²) >= 11 is 0. The average molecular weight is 818 g/mol. The molecule has 12 rings (SSSR count). The second kappa shape index (κ2) is 13.5. The highest BCUT2D eigenvalue weighted by atomic mass is 16.5. The van der Waals surface area contributed by atoms with Crippen LogP contribution in [-0.2, 0) is 17.7 Å². The van der Waals surface area contributed by atoms with E-state index in [4.69, 9.17) is 4.74 Å². The second-order valence-electron chi connectivity index (χ2n) is 19.5. The first-order valence-corrected chi connectivity index (χ1v) is 22.5. The van der Waals surface area contributed by atoms with Crippen molar-refractivity contribution >= 4 is 11.0 Å². The van der Waals surface area contributed by atoms with Crippen LogP contribution in [0.1, 0.15) is 62.4 Å². The van der Waals surface area contributed by atoms with E-state index in [-0.39, 0.29) is 5.41 Å². The van der Waals surface area contributed by atoms with E-state index in [9.17, 15) is 0 Å². The number of fused-ring (bicyclic) bond motifs is 5. The molecule has 4 heteroatoms. The molecule has 0 amide bonds. The normalized spacial score (nSPS) is 15.3. The van der Waals surface area contributed by atoms with Gasteiger partial charge in [-0.3, -0.25) is 0 Å². The Kier molecular flexibility index (Phi) is 8.07. The number of aryl methyl sites for hydroxylation is 2. The lowest BCUT2D eigenvalue weighted by Gasteiger charge is -2.33. The fourth-order valence-electron chi connectivity index (χ4n) is 10.9. The molecule has 4 nitrogen and oxygen atoms in total. The Morgan fingerprint density at radius 3 is 2.05 bits per heavy atom. The fourth-order valence-corrected chi connectivity index (χ4v) is 10.9. The van der Waals surface area contributed by atoms with E-state index in [1.165, 1.54) is 77.8 Å². The number of ether oxygens (including phenoxy) is 1. The standard InChI is InChI=1S/C59H51N3O/c1-36(2)29-44-32-46(25-26-47(44)41-17-12-9-13-18-41)61-52-20-14-19-48-49-33-43(39-15-10-8-11-16-39)34-50-53-35-42(40-21-23-45(24-22-40)58(5,6)7)27-28-60(53)59(54(49)50)62(55(48)52)57(61)51-31-37(3)30-38(4)56(51)63-59/h8-28,30-36H,29H2,1-7H3/q+2. The quantitative estimate of drug-likeness (QED) is 0.153. The topological polar surface area (TPSA) is 21.9 Å². The Bertz CT molecular complexity index is 3350. The van der Waals surface area contributed by atoms with Crippen LogP contribution in [0, 0.1) is 19.8 Å². The van der Waals surface area contributed by atoms with Gasteiger partial charge in [0.2, 0.25) is 5.69 Å². The number of pyridine rings is 1. The number of nitrogens with zero attached hydrogens (tertiary/aromatic N) is 3. The molecule has 306 valence electrons. The van der Waals surface area contributed by atoms with Crippen LogP contribution in [0.25, 0.3) is 83.9 Å². The summed E-state index contributed by atoms with van der Waals surface area (Å²) in [5, 5.41) is 0. The lowest BCUT2D eigenvalue weighted by Crippen LogP contribution is -2.78. The molecule has 3 aliphatic heterocycles. The highest BCUT2D eigenvalue weighted by Crippen LogP contribution is 2.55. The fraction of sp³-hybridized carbons (Fsp3) is 0.186. The Morgan fingerprint density at radius 2 is 1.32 bits per heavy atom. The van der Waals surface area contributed by atoms with Gasteiger partial charge in [-0.2, -0.15) is 4.57 Å². The molecule has 1 atom stereocenters. The van der Waals surface area contributed by atoms with E-state index in [1.54, 1.807) is 0 Å². The largest absolute Gasteiger partial charge is 0.499 e. The summed E-state index contributed by atoms with van der Waals surface area (Å²) < 4.78 is 15.4. The molecule has 0 aliphatic carbocycles. The molecule has 63 heavy (non-hydrogen) atoms. The van der Waals surface area contributed by atoms with Crippen LogP contribution in [0.3, 0.4) is 0 Å². The number of para-hydroxylation sites is 1. The minimum Gasteiger partial charge on any atom is -0.392 e. The molecule has 5 heterocycles. The van der Waals surface area contributed by atoms with Gasteiger partial charge in [-0.05, 0) is 136 Å². The van der Waals surface area contributed by atoms with Crippen molar-refractivity contribution < 1.29 is 13.9 Å². The van der Waals surface area contributed by atoms with E-state index < -0.39 is 5.85 Å². The number of benzene rings is 7. The number of hydrogen-bond donors (Lipinski definition) is 0. The third kappa shape index (κ3) is 5.46. The van der Waals surface area contributed by atoms with Gasteiger partial charge in [0.15, 0.2) is 23.0 Å². The number of hydrogen-bond acceptors (Lipinski definition) is 1. The van der Waals surface area contributed by atoms with Gasteiger partial charge in [0.1, 0.15) is 16.8 Å². The van der Waals surface area contributed by atoms with Crippen molar-refractivity contribution in [2.24, 2.45) is 5.92 Å². The summed E-state index contributed by atoms with van der Waals surface area (Å²) in [7, 11) is 0. The maximum absolute atomic E-state index is 7.85. The zero-order valence-corrected chi connectivity index (χ0v) is 37.1. The van der Waals surface area contributed by atoms with Crippen LogP contribution in [0.5, 0.6) is 5.75 Å². The molecule has 3 aliphatic rings. The third-order valence-electron chi connectivity index (χ3n) is 13.7. The first kappa shape index (κ1) is 37.7. The van der Waals surface area contributed by atoms with Gasteiger partial charge in [0.05, 0.1) is 5.56 Å². The van der Waals surface area contributed by atoms with E-state index in [2.05, 4.69) is 226 Å². The third-order valence-corrected chi connectivity index (χ3v) is 13.7. The van der Waals surface area contributed by atoms with E-state index in [0.29, 0.717) is 5.92 Å². The van der Waals surface area contributed by atoms with Crippen LogP contribution in [0.15, 0.2) is 164 Å². The van der Waals surface area contributed by atoms with E-state index in [1.807, 2.05) is 0 Å². The lowest BCUT2D eigenvalue weighted by molar-refractivity contribution is -0.997. The zero-order chi connectivity index (χ0) is 42.9. The van der Waals surface area contributed by atoms with Gasteiger partial charge >= 0.3 is 11.7 Å². The van der Waals surface area contributed by atoms with Crippen LogP contribution < -0.4 is 13.9 Å². The summed E-state index contributed by atoms with van der Waals surface area (Å²) in [5.41, 5.74) is 22.9. The molecular weight excluding hydrogens is 767 g/mol. The van der Waals surface area contributed by atoms with Gasteiger partial charge in [-0.1, -0.05) is 132 Å². The Morgan fingerprint density at radius 1 is 0.603 bits per heavy atom. The Balaban J connectivity index is 1.20. The summed E-state index contributed by atoms with van der Waals surface area (Å²) in [6, 6.07) is 59.0. The molecule has 0 radical (unpaired) electrons. The Labute approximate surface area is 370 Å². The van der Waals surface area contributed by atoms with Crippen LogP contribution in [-0.4, -0.2) is 4.57 Å². The molecular formula is C59H51N3O+2. The zero-order valence-electron chi connectivity index (χ0n) is 37.1. The summed E-state index contributed by atoms with van der Waals surface area (Å²) in [5.74, 6) is 1.50. The Hall–Kier alpha value is -7.04. The molecule has 9 aromatic rings. The van der Waals surface area contributed by atoms with Gasteiger partial charge in [-0.15, -0.1) is 9.13 Å². The summed E-state index contributed by atoms with van der Waals surface area (Å²) in [4.78, 5) is 0. The molecule has 7 aromatic carbocycles. The molecule has 1 spiro atoms. The molecule has 0 saturated carbocycles. The van der Waals surface area contributed by atoms with Crippen molar-refractivity contribution in [1.29, 1.82) is 0 Å². The summed E-state index contributed by atoms with van der Waals surface area (Å²) in [6.07, 6.45) is 3.26. The van der Waals surface area contributed by atoms with Gasteiger partial charge < -0.3 is 4.74 Å². The van der Waals surface area contributed by atoms with Crippen LogP contribution >= 0.6 is 0 Å². The van der Waals surface area contributed by atoms with Gasteiger partial charge in [0, 0.05) is 23.3 Å². The lowest BCUT2D eigenvalue weighted by atomic mass is 9.85. The highest BCUT2D eigenvalue weighted by Gasteiger charge is 2.68. The minimum atomic E-state index is -1.03. The van der Waals surface area contributed by atoms with Crippen molar-refractivity contribution in [3.05, 3.63) is 192 Å². The monoisotopic (exact) mass is 817 g/mol. The van der Waals surface area contributed by atoms with Gasteiger partial charge in [0.25, 0.3) is 0 Å². The number of rotatable bonds is 6. The first-order valence-electron chi connectivity index (χ1n) is 22.5. The summed E-state index contributed by atoms with van der Waals surface area (Å²) in [6.45, 7) is 15.9. The SMILES string of the molecule is Cc1cc(C)c2c(c1)-c1n(-c3ccc(-c4ccccc4)c(CC(C)C)c3)c3cccc4c3[n+]1C1(O2)c2c-4cc(-c3ccccc3)cc2-c2cc(-c3ccc(C(C)(C)C)cc3)cc[n+]21. The first-order chi connectivity index (χ1) is 30.5. The van der Waals surface area contributed by atoms with Crippen LogP contribution in [0.4, 0.5) is 0 Å². The predicted molar refractivity (Wildman–Crippen MR) is 256 cm³/mol. The second-order valence-corrected chi connectivity index (χ2v) is 19.5. The molecule has 0 bridgehead atoms.